The topological polar surface area (TPSA) is 29.5 Å². The van der Waals surface area contributed by atoms with Crippen LogP contribution in [0.25, 0.3) is 0 Å². The minimum absolute atomic E-state index is 0.0261. The lowest BCUT2D eigenvalue weighted by atomic mass is 10.2. The Morgan fingerprint density at radius 1 is 1.27 bits per heavy atom. The number of likely N-dealkylation sites (N-methyl/N-ethyl adjacent to an activating group) is 1. The first-order valence-corrected chi connectivity index (χ1v) is 11.3. The predicted molar refractivity (Wildman–Crippen MR) is 98.8 cm³/mol. The highest BCUT2D eigenvalue weighted by molar-refractivity contribution is 9.10. The Labute approximate surface area is 144 Å². The molecule has 0 spiro atoms. The SMILES string of the molecule is C[C@@H](CN(C)C(=O)c1ccc(Br)cc1)O[Si](C)(C)C(C)(C)C. The molecule has 0 aliphatic carbocycles. The Morgan fingerprint density at radius 2 is 1.77 bits per heavy atom. The summed E-state index contributed by atoms with van der Waals surface area (Å²) in [5.74, 6) is 0.0261. The van der Waals surface area contributed by atoms with Gasteiger partial charge in [-0.05, 0) is 49.3 Å². The largest absolute Gasteiger partial charge is 0.412 e. The molecular weight excluding hydrogens is 358 g/mol. The summed E-state index contributed by atoms with van der Waals surface area (Å²) in [6.07, 6.45) is 0.0327. The van der Waals surface area contributed by atoms with Gasteiger partial charge in [-0.1, -0.05) is 36.7 Å². The maximum absolute atomic E-state index is 12.4. The Hall–Kier alpha value is -0.653. The Balaban J connectivity index is 2.66. The van der Waals surface area contributed by atoms with E-state index < -0.39 is 8.32 Å². The normalized spacial score (nSPS) is 13.8. The fourth-order valence-electron chi connectivity index (χ4n) is 2.00. The Bertz CT molecular complexity index is 508. The summed E-state index contributed by atoms with van der Waals surface area (Å²) in [5, 5.41) is 0.176. The molecule has 3 nitrogen and oxygen atoms in total. The first-order chi connectivity index (χ1) is 9.94. The first-order valence-electron chi connectivity index (χ1n) is 7.63. The summed E-state index contributed by atoms with van der Waals surface area (Å²) >= 11 is 3.38. The molecule has 0 radical (unpaired) electrons. The fourth-order valence-corrected chi connectivity index (χ4v) is 3.70. The van der Waals surface area contributed by atoms with Gasteiger partial charge in [-0.25, -0.2) is 0 Å². The molecule has 22 heavy (non-hydrogen) atoms. The lowest BCUT2D eigenvalue weighted by molar-refractivity contribution is 0.0714. The zero-order valence-corrected chi connectivity index (χ0v) is 17.3. The first kappa shape index (κ1) is 19.4. The molecule has 5 heteroatoms. The zero-order chi connectivity index (χ0) is 17.1. The van der Waals surface area contributed by atoms with Crippen LogP contribution in [0.4, 0.5) is 0 Å². The van der Waals surface area contributed by atoms with E-state index in [0.29, 0.717) is 12.1 Å². The van der Waals surface area contributed by atoms with Crippen LogP contribution in [0.3, 0.4) is 0 Å². The van der Waals surface area contributed by atoms with Crippen molar-refractivity contribution in [3.05, 3.63) is 34.3 Å². The predicted octanol–water partition coefficient (Wildman–Crippen LogP) is 4.93. The second-order valence-corrected chi connectivity index (χ2v) is 13.1. The van der Waals surface area contributed by atoms with E-state index in [1.54, 1.807) is 4.90 Å². The van der Waals surface area contributed by atoms with Crippen LogP contribution >= 0.6 is 15.9 Å². The summed E-state index contributed by atoms with van der Waals surface area (Å²) in [5.41, 5.74) is 0.699. The molecule has 0 bridgehead atoms. The van der Waals surface area contributed by atoms with E-state index in [4.69, 9.17) is 4.43 Å². The molecule has 0 aromatic heterocycles. The van der Waals surface area contributed by atoms with Gasteiger partial charge < -0.3 is 9.33 Å². The van der Waals surface area contributed by atoms with Crippen molar-refractivity contribution in [1.29, 1.82) is 0 Å². The number of halogens is 1. The van der Waals surface area contributed by atoms with Crippen molar-refractivity contribution >= 4 is 30.2 Å². The van der Waals surface area contributed by atoms with Gasteiger partial charge in [-0.3, -0.25) is 4.79 Å². The van der Waals surface area contributed by atoms with Crippen molar-refractivity contribution in [2.24, 2.45) is 0 Å². The zero-order valence-electron chi connectivity index (χ0n) is 14.7. The average molecular weight is 386 g/mol. The molecule has 0 aliphatic heterocycles. The standard InChI is InChI=1S/C17H28BrNO2Si/c1-13(21-22(6,7)17(2,3)4)12-19(5)16(20)14-8-10-15(18)11-9-14/h8-11,13H,12H2,1-7H3/t13-/m0/s1. The van der Waals surface area contributed by atoms with Gasteiger partial charge in [0.1, 0.15) is 0 Å². The molecule has 1 rings (SSSR count). The molecule has 0 heterocycles. The number of amides is 1. The second kappa shape index (κ2) is 7.28. The lowest BCUT2D eigenvalue weighted by Gasteiger charge is -2.39. The summed E-state index contributed by atoms with van der Waals surface area (Å²) in [4.78, 5) is 14.2. The molecule has 0 saturated carbocycles. The minimum Gasteiger partial charge on any atom is -0.412 e. The van der Waals surface area contributed by atoms with Crippen LogP contribution < -0.4 is 0 Å². The highest BCUT2D eigenvalue weighted by atomic mass is 79.9. The lowest BCUT2D eigenvalue weighted by Crippen LogP contribution is -2.46. The highest BCUT2D eigenvalue weighted by Gasteiger charge is 2.38. The number of nitrogens with zero attached hydrogens (tertiary/aromatic N) is 1. The van der Waals surface area contributed by atoms with Crippen LogP contribution in [0.15, 0.2) is 28.7 Å². The maximum Gasteiger partial charge on any atom is 0.253 e. The van der Waals surface area contributed by atoms with E-state index in [1.807, 2.05) is 38.2 Å². The van der Waals surface area contributed by atoms with Crippen LogP contribution in [-0.2, 0) is 4.43 Å². The van der Waals surface area contributed by atoms with Gasteiger partial charge in [0.05, 0.1) is 6.10 Å². The van der Waals surface area contributed by atoms with Gasteiger partial charge in [0.25, 0.3) is 5.91 Å². The van der Waals surface area contributed by atoms with Gasteiger partial charge in [0, 0.05) is 23.6 Å². The third-order valence-electron chi connectivity index (χ3n) is 4.27. The third kappa shape index (κ3) is 5.21. The van der Waals surface area contributed by atoms with Crippen molar-refractivity contribution in [2.75, 3.05) is 13.6 Å². The van der Waals surface area contributed by atoms with E-state index in [0.717, 1.165) is 4.47 Å². The van der Waals surface area contributed by atoms with Crippen LogP contribution in [0.5, 0.6) is 0 Å². The molecule has 1 aromatic rings. The second-order valence-electron chi connectivity index (χ2n) is 7.38. The smallest absolute Gasteiger partial charge is 0.253 e. The van der Waals surface area contributed by atoms with Gasteiger partial charge in [-0.15, -0.1) is 0 Å². The van der Waals surface area contributed by atoms with Gasteiger partial charge >= 0.3 is 0 Å². The number of hydrogen-bond acceptors (Lipinski definition) is 2. The summed E-state index contributed by atoms with van der Waals surface area (Å²) in [6, 6.07) is 7.44. The minimum atomic E-state index is -1.80. The fraction of sp³-hybridized carbons (Fsp3) is 0.588. The van der Waals surface area contributed by atoms with E-state index in [2.05, 4.69) is 49.8 Å². The monoisotopic (exact) mass is 385 g/mol. The van der Waals surface area contributed by atoms with Gasteiger partial charge in [0.2, 0.25) is 0 Å². The van der Waals surface area contributed by atoms with Crippen LogP contribution in [0.1, 0.15) is 38.1 Å². The number of hydrogen-bond donors (Lipinski definition) is 0. The molecule has 1 atom stereocenters. The summed E-state index contributed by atoms with van der Waals surface area (Å²) in [7, 11) is 0.0288. The highest BCUT2D eigenvalue weighted by Crippen LogP contribution is 2.37. The molecule has 1 amide bonds. The van der Waals surface area contributed by atoms with Crippen molar-refractivity contribution in [3.63, 3.8) is 0 Å². The molecule has 0 aliphatic rings. The number of carbonyl (C=O) groups excluding carboxylic acids is 1. The summed E-state index contributed by atoms with van der Waals surface area (Å²) < 4.78 is 7.29. The molecule has 0 unspecified atom stereocenters. The van der Waals surface area contributed by atoms with Gasteiger partial charge in [-0.2, -0.15) is 0 Å². The molecular formula is C17H28BrNO2Si. The number of benzene rings is 1. The Kier molecular flexibility index (Phi) is 6.42. The Morgan fingerprint density at radius 3 is 2.23 bits per heavy atom. The van der Waals surface area contributed by atoms with Crippen LogP contribution in [-0.4, -0.2) is 38.8 Å². The number of rotatable bonds is 5. The molecule has 124 valence electrons. The van der Waals surface area contributed by atoms with Gasteiger partial charge in [0.15, 0.2) is 8.32 Å². The van der Waals surface area contributed by atoms with Crippen LogP contribution in [0.2, 0.25) is 18.1 Å². The van der Waals surface area contributed by atoms with E-state index >= 15 is 0 Å². The molecule has 1 aromatic carbocycles. The van der Waals surface area contributed by atoms with Crippen LogP contribution in [0, 0.1) is 0 Å². The van der Waals surface area contributed by atoms with Crippen molar-refractivity contribution in [3.8, 4) is 0 Å². The molecule has 0 fully saturated rings. The maximum atomic E-state index is 12.4. The number of carbonyl (C=O) groups is 1. The van der Waals surface area contributed by atoms with E-state index in [-0.39, 0.29) is 17.0 Å². The third-order valence-corrected chi connectivity index (χ3v) is 9.40. The van der Waals surface area contributed by atoms with Crippen molar-refractivity contribution in [2.45, 2.75) is 51.9 Å². The molecule has 0 saturated heterocycles. The van der Waals surface area contributed by atoms with E-state index in [1.165, 1.54) is 0 Å². The summed E-state index contributed by atoms with van der Waals surface area (Å²) in [6.45, 7) is 13.8. The van der Waals surface area contributed by atoms with Crippen molar-refractivity contribution < 1.29 is 9.22 Å². The quantitative estimate of drug-likeness (QED) is 0.672. The molecule has 0 N–H and O–H groups in total. The average Bonchev–Trinajstić information content (AvgIpc) is 2.36. The van der Waals surface area contributed by atoms with E-state index in [9.17, 15) is 4.79 Å². The van der Waals surface area contributed by atoms with Crippen molar-refractivity contribution in [1.82, 2.24) is 4.90 Å².